The molecule has 3 rings (SSSR count). The number of hydrogen-bond donors (Lipinski definition) is 1. The number of nitrogen functional groups attached to an aromatic ring is 1. The molecule has 0 atom stereocenters. The first-order chi connectivity index (χ1) is 9.98. The maximum absolute atomic E-state index is 12.1. The SMILES string of the molecule is CS(=O)(=O)c1c(N2CCOCC2)nn(-c2nccs2)c1N. The second-order valence-electron chi connectivity index (χ2n) is 4.64. The van der Waals surface area contributed by atoms with Crippen LogP contribution in [-0.2, 0) is 14.6 Å². The highest BCUT2D eigenvalue weighted by atomic mass is 32.2. The highest BCUT2D eigenvalue weighted by Gasteiger charge is 2.29. The first-order valence-electron chi connectivity index (χ1n) is 6.29. The van der Waals surface area contributed by atoms with Crippen LogP contribution in [0.2, 0.25) is 0 Å². The van der Waals surface area contributed by atoms with Gasteiger partial charge in [0.2, 0.25) is 5.13 Å². The van der Waals surface area contributed by atoms with Crippen molar-refractivity contribution in [1.82, 2.24) is 14.8 Å². The van der Waals surface area contributed by atoms with Gasteiger partial charge in [0.05, 0.1) is 13.2 Å². The molecular weight excluding hydrogens is 314 g/mol. The van der Waals surface area contributed by atoms with Crippen molar-refractivity contribution >= 4 is 32.8 Å². The van der Waals surface area contributed by atoms with E-state index in [2.05, 4.69) is 10.1 Å². The molecule has 0 unspecified atom stereocenters. The van der Waals surface area contributed by atoms with Crippen LogP contribution < -0.4 is 10.6 Å². The Bertz CT molecular complexity index is 732. The summed E-state index contributed by atoms with van der Waals surface area (Å²) in [4.78, 5) is 6.06. The van der Waals surface area contributed by atoms with Crippen molar-refractivity contribution in [3.63, 3.8) is 0 Å². The average molecular weight is 329 g/mol. The standard InChI is InChI=1S/C11H15N5O3S2/c1-21(17,18)8-9(12)16(11-13-2-7-20-11)14-10(8)15-3-5-19-6-4-15/h2,7H,3-6,12H2,1H3. The molecular formula is C11H15N5O3S2. The van der Waals surface area contributed by atoms with Crippen molar-refractivity contribution in [3.05, 3.63) is 11.6 Å². The van der Waals surface area contributed by atoms with Gasteiger partial charge in [-0.3, -0.25) is 0 Å². The van der Waals surface area contributed by atoms with E-state index in [1.54, 1.807) is 11.6 Å². The van der Waals surface area contributed by atoms with Crippen LogP contribution in [0, 0.1) is 0 Å². The van der Waals surface area contributed by atoms with Crippen LogP contribution in [0.4, 0.5) is 11.6 Å². The quantitative estimate of drug-likeness (QED) is 0.855. The Balaban J connectivity index is 2.16. The first-order valence-corrected chi connectivity index (χ1v) is 9.06. The Hall–Kier alpha value is -1.65. The fourth-order valence-electron chi connectivity index (χ4n) is 2.21. The number of nitrogens with two attached hydrogens (primary N) is 1. The summed E-state index contributed by atoms with van der Waals surface area (Å²) in [6, 6.07) is 0. The van der Waals surface area contributed by atoms with E-state index in [1.165, 1.54) is 16.0 Å². The van der Waals surface area contributed by atoms with E-state index in [9.17, 15) is 8.42 Å². The van der Waals surface area contributed by atoms with Gasteiger partial charge < -0.3 is 15.4 Å². The molecule has 0 aliphatic carbocycles. The third-order valence-electron chi connectivity index (χ3n) is 3.14. The van der Waals surface area contributed by atoms with E-state index in [-0.39, 0.29) is 10.7 Å². The molecule has 8 nitrogen and oxygen atoms in total. The van der Waals surface area contributed by atoms with E-state index in [0.717, 1.165) is 6.26 Å². The Morgan fingerprint density at radius 2 is 2.10 bits per heavy atom. The summed E-state index contributed by atoms with van der Waals surface area (Å²) >= 11 is 1.34. The average Bonchev–Trinajstić information content (AvgIpc) is 3.06. The van der Waals surface area contributed by atoms with Crippen LogP contribution in [-0.4, -0.2) is 55.7 Å². The molecule has 2 aromatic heterocycles. The van der Waals surface area contributed by atoms with Crippen molar-refractivity contribution in [2.75, 3.05) is 43.2 Å². The van der Waals surface area contributed by atoms with Gasteiger partial charge in [0.15, 0.2) is 26.4 Å². The number of anilines is 2. The molecule has 0 radical (unpaired) electrons. The Labute approximate surface area is 126 Å². The third kappa shape index (κ3) is 2.61. The monoisotopic (exact) mass is 329 g/mol. The highest BCUT2D eigenvalue weighted by Crippen LogP contribution is 2.32. The number of sulfone groups is 1. The number of ether oxygens (including phenoxy) is 1. The van der Waals surface area contributed by atoms with Crippen LogP contribution in [0.1, 0.15) is 0 Å². The fraction of sp³-hybridized carbons (Fsp3) is 0.455. The molecule has 0 aromatic carbocycles. The minimum Gasteiger partial charge on any atom is -0.382 e. The van der Waals surface area contributed by atoms with E-state index in [1.807, 2.05) is 4.90 Å². The summed E-state index contributed by atoms with van der Waals surface area (Å²) in [7, 11) is -3.50. The van der Waals surface area contributed by atoms with Crippen molar-refractivity contribution in [1.29, 1.82) is 0 Å². The lowest BCUT2D eigenvalue weighted by atomic mass is 10.4. The lowest BCUT2D eigenvalue weighted by Crippen LogP contribution is -2.37. The number of nitrogens with zero attached hydrogens (tertiary/aromatic N) is 4. The van der Waals surface area contributed by atoms with Gasteiger partial charge >= 0.3 is 0 Å². The number of rotatable bonds is 3. The first kappa shape index (κ1) is 14.3. The molecule has 0 amide bonds. The molecule has 2 aromatic rings. The van der Waals surface area contributed by atoms with Gasteiger partial charge in [-0.05, 0) is 0 Å². The predicted octanol–water partition coefficient (Wildman–Crippen LogP) is 0.151. The van der Waals surface area contributed by atoms with Crippen LogP contribution in [0.5, 0.6) is 0 Å². The summed E-state index contributed by atoms with van der Waals surface area (Å²) in [5, 5.41) is 6.69. The van der Waals surface area contributed by atoms with E-state index in [4.69, 9.17) is 10.5 Å². The number of aromatic nitrogens is 3. The van der Waals surface area contributed by atoms with Crippen molar-refractivity contribution in [2.24, 2.45) is 0 Å². The van der Waals surface area contributed by atoms with Gasteiger partial charge in [-0.1, -0.05) is 0 Å². The van der Waals surface area contributed by atoms with Gasteiger partial charge in [0, 0.05) is 30.9 Å². The van der Waals surface area contributed by atoms with Crippen molar-refractivity contribution in [3.8, 4) is 5.13 Å². The minimum atomic E-state index is -3.50. The number of thiazole rings is 1. The highest BCUT2D eigenvalue weighted by molar-refractivity contribution is 7.91. The zero-order chi connectivity index (χ0) is 15.0. The second kappa shape index (κ2) is 5.28. The summed E-state index contributed by atoms with van der Waals surface area (Å²) in [5.41, 5.74) is 6.02. The van der Waals surface area contributed by atoms with Gasteiger partial charge in [-0.15, -0.1) is 16.4 Å². The largest absolute Gasteiger partial charge is 0.382 e. The maximum Gasteiger partial charge on any atom is 0.212 e. The summed E-state index contributed by atoms with van der Waals surface area (Å²) < 4.78 is 30.9. The molecule has 1 aliphatic rings. The summed E-state index contributed by atoms with van der Waals surface area (Å²) in [6.45, 7) is 2.23. The molecule has 21 heavy (non-hydrogen) atoms. The smallest absolute Gasteiger partial charge is 0.212 e. The topological polar surface area (TPSA) is 103 Å². The molecule has 1 saturated heterocycles. The number of hydrogen-bond acceptors (Lipinski definition) is 8. The summed E-state index contributed by atoms with van der Waals surface area (Å²) in [6.07, 6.45) is 2.76. The van der Waals surface area contributed by atoms with Gasteiger partial charge in [-0.25, -0.2) is 13.4 Å². The van der Waals surface area contributed by atoms with Crippen LogP contribution in [0.3, 0.4) is 0 Å². The molecule has 2 N–H and O–H groups in total. The molecule has 0 spiro atoms. The lowest BCUT2D eigenvalue weighted by molar-refractivity contribution is 0.122. The van der Waals surface area contributed by atoms with Gasteiger partial charge in [0.1, 0.15) is 0 Å². The maximum atomic E-state index is 12.1. The second-order valence-corrected chi connectivity index (χ2v) is 7.46. The molecule has 114 valence electrons. The summed E-state index contributed by atoms with van der Waals surface area (Å²) in [5.74, 6) is 0.461. The Morgan fingerprint density at radius 1 is 1.38 bits per heavy atom. The van der Waals surface area contributed by atoms with Crippen LogP contribution >= 0.6 is 11.3 Å². The van der Waals surface area contributed by atoms with E-state index < -0.39 is 9.84 Å². The van der Waals surface area contributed by atoms with Crippen LogP contribution in [0.25, 0.3) is 5.13 Å². The van der Waals surface area contributed by atoms with Gasteiger partial charge in [0.25, 0.3) is 0 Å². The fourth-order valence-corrected chi connectivity index (χ4v) is 3.78. The molecule has 1 aliphatic heterocycles. The normalized spacial score (nSPS) is 16.3. The van der Waals surface area contributed by atoms with E-state index in [0.29, 0.717) is 37.3 Å². The zero-order valence-corrected chi connectivity index (χ0v) is 13.0. The molecule has 10 heteroatoms. The zero-order valence-electron chi connectivity index (χ0n) is 11.4. The molecule has 3 heterocycles. The minimum absolute atomic E-state index is 0.0552. The molecule has 0 bridgehead atoms. The van der Waals surface area contributed by atoms with Crippen molar-refractivity contribution in [2.45, 2.75) is 4.90 Å². The lowest BCUT2D eigenvalue weighted by Gasteiger charge is -2.27. The predicted molar refractivity (Wildman–Crippen MR) is 79.8 cm³/mol. The number of morpholine rings is 1. The Morgan fingerprint density at radius 3 is 2.67 bits per heavy atom. The van der Waals surface area contributed by atoms with Gasteiger partial charge in [-0.2, -0.15) is 4.68 Å². The Kier molecular flexibility index (Phi) is 3.59. The third-order valence-corrected chi connectivity index (χ3v) is 5.02. The van der Waals surface area contributed by atoms with Crippen LogP contribution in [0.15, 0.2) is 16.5 Å². The van der Waals surface area contributed by atoms with Crippen molar-refractivity contribution < 1.29 is 13.2 Å². The molecule has 0 saturated carbocycles. The molecule has 1 fully saturated rings. The van der Waals surface area contributed by atoms with E-state index >= 15 is 0 Å².